The number of nitrogens with zero attached hydrogens (tertiary/aromatic N) is 1. The molecule has 1 aromatic rings. The van der Waals surface area contributed by atoms with Gasteiger partial charge in [-0.05, 0) is 37.0 Å². The lowest BCUT2D eigenvalue weighted by Gasteiger charge is -2.19. The van der Waals surface area contributed by atoms with Gasteiger partial charge in [-0.15, -0.1) is 0 Å². The van der Waals surface area contributed by atoms with E-state index < -0.39 is 0 Å². The second-order valence-electron chi connectivity index (χ2n) is 3.65. The SMILES string of the molecule is CN1CCCCc2ccc(Br)cc21. The van der Waals surface area contributed by atoms with Gasteiger partial charge in [0.15, 0.2) is 0 Å². The van der Waals surface area contributed by atoms with Gasteiger partial charge in [-0.1, -0.05) is 22.0 Å². The van der Waals surface area contributed by atoms with Crippen molar-refractivity contribution in [2.45, 2.75) is 19.3 Å². The first-order chi connectivity index (χ1) is 6.27. The van der Waals surface area contributed by atoms with Crippen LogP contribution in [0.25, 0.3) is 0 Å². The van der Waals surface area contributed by atoms with Crippen LogP contribution in [-0.4, -0.2) is 13.6 Å². The standard InChI is InChI=1S/C11H14BrN/c1-13-7-3-2-4-9-5-6-10(12)8-11(9)13/h5-6,8H,2-4,7H2,1H3. The quantitative estimate of drug-likeness (QED) is 0.673. The predicted octanol–water partition coefficient (Wildman–Crippen LogP) is 3.22. The summed E-state index contributed by atoms with van der Waals surface area (Å²) in [6, 6.07) is 6.60. The molecule has 1 aliphatic rings. The van der Waals surface area contributed by atoms with Crippen molar-refractivity contribution >= 4 is 21.6 Å². The minimum Gasteiger partial charge on any atom is -0.374 e. The number of hydrogen-bond donors (Lipinski definition) is 0. The van der Waals surface area contributed by atoms with Crippen molar-refractivity contribution in [3.63, 3.8) is 0 Å². The van der Waals surface area contributed by atoms with Crippen molar-refractivity contribution in [1.82, 2.24) is 0 Å². The molecule has 1 aromatic carbocycles. The van der Waals surface area contributed by atoms with Crippen molar-refractivity contribution in [2.24, 2.45) is 0 Å². The minimum atomic E-state index is 1.18. The normalized spacial score (nSPS) is 16.6. The van der Waals surface area contributed by atoms with Crippen LogP contribution < -0.4 is 4.90 Å². The van der Waals surface area contributed by atoms with Crippen LogP contribution in [0.4, 0.5) is 5.69 Å². The van der Waals surface area contributed by atoms with E-state index in [1.807, 2.05) is 0 Å². The van der Waals surface area contributed by atoms with Crippen LogP contribution in [0.1, 0.15) is 18.4 Å². The lowest BCUT2D eigenvalue weighted by Crippen LogP contribution is -2.17. The van der Waals surface area contributed by atoms with E-state index in [4.69, 9.17) is 0 Å². The largest absolute Gasteiger partial charge is 0.374 e. The Labute approximate surface area is 87.9 Å². The summed E-state index contributed by atoms with van der Waals surface area (Å²) in [6.45, 7) is 1.18. The summed E-state index contributed by atoms with van der Waals surface area (Å²) >= 11 is 3.52. The van der Waals surface area contributed by atoms with E-state index >= 15 is 0 Å². The van der Waals surface area contributed by atoms with Gasteiger partial charge in [-0.3, -0.25) is 0 Å². The summed E-state index contributed by atoms with van der Waals surface area (Å²) in [6.07, 6.45) is 3.86. The molecule has 0 saturated carbocycles. The zero-order valence-corrected chi connectivity index (χ0v) is 9.47. The molecule has 0 unspecified atom stereocenters. The smallest absolute Gasteiger partial charge is 0.0407 e. The molecule has 0 aromatic heterocycles. The molecule has 70 valence electrons. The Kier molecular flexibility index (Phi) is 2.58. The van der Waals surface area contributed by atoms with Crippen LogP contribution in [0.5, 0.6) is 0 Å². The molecular weight excluding hydrogens is 226 g/mol. The maximum Gasteiger partial charge on any atom is 0.0407 e. The molecule has 0 fully saturated rings. The lowest BCUT2D eigenvalue weighted by atomic mass is 10.1. The second kappa shape index (κ2) is 3.70. The number of aryl methyl sites for hydroxylation is 1. The second-order valence-corrected chi connectivity index (χ2v) is 4.57. The van der Waals surface area contributed by atoms with Crippen LogP contribution in [-0.2, 0) is 6.42 Å². The van der Waals surface area contributed by atoms with Crippen LogP contribution in [0, 0.1) is 0 Å². The van der Waals surface area contributed by atoms with Gasteiger partial charge in [0.1, 0.15) is 0 Å². The van der Waals surface area contributed by atoms with Crippen LogP contribution >= 0.6 is 15.9 Å². The molecule has 0 amide bonds. The van der Waals surface area contributed by atoms with Crippen molar-refractivity contribution < 1.29 is 0 Å². The molecule has 0 N–H and O–H groups in total. The van der Waals surface area contributed by atoms with E-state index in [9.17, 15) is 0 Å². The first-order valence-electron chi connectivity index (χ1n) is 4.77. The zero-order valence-electron chi connectivity index (χ0n) is 7.89. The molecule has 0 aliphatic carbocycles. The van der Waals surface area contributed by atoms with Gasteiger partial charge in [-0.2, -0.15) is 0 Å². The predicted molar refractivity (Wildman–Crippen MR) is 60.4 cm³/mol. The third-order valence-corrected chi connectivity index (χ3v) is 3.14. The number of hydrogen-bond acceptors (Lipinski definition) is 1. The molecule has 0 saturated heterocycles. The highest BCUT2D eigenvalue weighted by Crippen LogP contribution is 2.28. The Bertz CT molecular complexity index is 309. The van der Waals surface area contributed by atoms with Gasteiger partial charge in [0, 0.05) is 23.8 Å². The van der Waals surface area contributed by atoms with E-state index in [-0.39, 0.29) is 0 Å². The molecule has 1 aliphatic heterocycles. The summed E-state index contributed by atoms with van der Waals surface area (Å²) in [7, 11) is 2.18. The number of rotatable bonds is 0. The third kappa shape index (κ3) is 1.88. The third-order valence-electron chi connectivity index (χ3n) is 2.65. The summed E-state index contributed by atoms with van der Waals surface area (Å²) in [5.41, 5.74) is 2.88. The fraction of sp³-hybridized carbons (Fsp3) is 0.455. The van der Waals surface area contributed by atoms with Crippen molar-refractivity contribution in [3.8, 4) is 0 Å². The highest BCUT2D eigenvalue weighted by Gasteiger charge is 2.11. The minimum absolute atomic E-state index is 1.18. The van der Waals surface area contributed by atoms with E-state index in [0.717, 1.165) is 0 Å². The van der Waals surface area contributed by atoms with Gasteiger partial charge in [0.05, 0.1) is 0 Å². The average molecular weight is 240 g/mol. The molecular formula is C11H14BrN. The van der Waals surface area contributed by atoms with Crippen molar-refractivity contribution in [1.29, 1.82) is 0 Å². The Morgan fingerprint density at radius 2 is 2.15 bits per heavy atom. The van der Waals surface area contributed by atoms with Crippen molar-refractivity contribution in [3.05, 3.63) is 28.2 Å². The molecule has 2 heteroatoms. The molecule has 1 heterocycles. The number of halogens is 1. The van der Waals surface area contributed by atoms with Gasteiger partial charge in [-0.25, -0.2) is 0 Å². The topological polar surface area (TPSA) is 3.24 Å². The maximum atomic E-state index is 3.52. The fourth-order valence-electron chi connectivity index (χ4n) is 1.89. The van der Waals surface area contributed by atoms with Crippen LogP contribution in [0.2, 0.25) is 0 Å². The summed E-state index contributed by atoms with van der Waals surface area (Å²) in [5.74, 6) is 0. The summed E-state index contributed by atoms with van der Waals surface area (Å²) in [5, 5.41) is 0. The summed E-state index contributed by atoms with van der Waals surface area (Å²) in [4.78, 5) is 2.35. The monoisotopic (exact) mass is 239 g/mol. The first kappa shape index (κ1) is 9.07. The van der Waals surface area contributed by atoms with E-state index in [1.54, 1.807) is 0 Å². The van der Waals surface area contributed by atoms with Crippen LogP contribution in [0.15, 0.2) is 22.7 Å². The Hall–Kier alpha value is -0.500. The Morgan fingerprint density at radius 1 is 1.31 bits per heavy atom. The molecule has 13 heavy (non-hydrogen) atoms. The highest BCUT2D eigenvalue weighted by atomic mass is 79.9. The van der Waals surface area contributed by atoms with Crippen LogP contribution in [0.3, 0.4) is 0 Å². The Morgan fingerprint density at radius 3 is 3.00 bits per heavy atom. The summed E-state index contributed by atoms with van der Waals surface area (Å²) < 4.78 is 1.18. The van der Waals surface area contributed by atoms with Gasteiger partial charge < -0.3 is 4.90 Å². The molecule has 0 spiro atoms. The van der Waals surface area contributed by atoms with Gasteiger partial charge >= 0.3 is 0 Å². The van der Waals surface area contributed by atoms with E-state index in [2.05, 4.69) is 46.1 Å². The number of benzene rings is 1. The van der Waals surface area contributed by atoms with Gasteiger partial charge in [0.25, 0.3) is 0 Å². The van der Waals surface area contributed by atoms with E-state index in [1.165, 1.54) is 41.5 Å². The Balaban J connectivity index is 2.43. The average Bonchev–Trinajstić information content (AvgIpc) is 2.29. The molecule has 0 radical (unpaired) electrons. The number of anilines is 1. The lowest BCUT2D eigenvalue weighted by molar-refractivity contribution is 0.750. The van der Waals surface area contributed by atoms with Crippen molar-refractivity contribution in [2.75, 3.05) is 18.5 Å². The highest BCUT2D eigenvalue weighted by molar-refractivity contribution is 9.10. The van der Waals surface area contributed by atoms with Gasteiger partial charge in [0.2, 0.25) is 0 Å². The number of fused-ring (bicyclic) bond motifs is 1. The zero-order chi connectivity index (χ0) is 9.26. The molecule has 0 bridgehead atoms. The fourth-order valence-corrected chi connectivity index (χ4v) is 2.24. The van der Waals surface area contributed by atoms with E-state index in [0.29, 0.717) is 0 Å². The first-order valence-corrected chi connectivity index (χ1v) is 5.56. The maximum absolute atomic E-state index is 3.52. The molecule has 1 nitrogen and oxygen atoms in total. The molecule has 2 rings (SSSR count). The molecule has 0 atom stereocenters.